The van der Waals surface area contributed by atoms with E-state index in [0.29, 0.717) is 6.54 Å². The number of rotatable bonds is 1. The van der Waals surface area contributed by atoms with Crippen molar-refractivity contribution in [3.63, 3.8) is 0 Å². The van der Waals surface area contributed by atoms with E-state index in [1.165, 1.54) is 0 Å². The second-order valence-corrected chi connectivity index (χ2v) is 5.71. The zero-order valence-corrected chi connectivity index (χ0v) is 12.8. The first-order chi connectivity index (χ1) is 11.7. The van der Waals surface area contributed by atoms with E-state index in [9.17, 15) is 4.79 Å². The minimum Gasteiger partial charge on any atom is -0.368 e. The van der Waals surface area contributed by atoms with Crippen LogP contribution in [0.15, 0.2) is 36.5 Å². The summed E-state index contributed by atoms with van der Waals surface area (Å²) in [4.78, 5) is 20.2. The summed E-state index contributed by atoms with van der Waals surface area (Å²) in [6.45, 7) is 0.652. The van der Waals surface area contributed by atoms with Crippen molar-refractivity contribution in [2.45, 2.75) is 6.42 Å². The van der Waals surface area contributed by atoms with Crippen LogP contribution >= 0.6 is 0 Å². The molecule has 5 nitrogen and oxygen atoms in total. The Labute approximate surface area is 138 Å². The molecular formula is C19H14N4O. The Morgan fingerprint density at radius 2 is 2.08 bits per heavy atom. The first-order valence-electron chi connectivity index (χ1n) is 7.60. The molecule has 4 rings (SSSR count). The van der Waals surface area contributed by atoms with Gasteiger partial charge in [-0.15, -0.1) is 6.42 Å². The van der Waals surface area contributed by atoms with Crippen LogP contribution in [-0.4, -0.2) is 22.4 Å². The predicted molar refractivity (Wildman–Crippen MR) is 93.4 cm³/mol. The minimum absolute atomic E-state index is 0.0287. The van der Waals surface area contributed by atoms with Crippen molar-refractivity contribution >= 4 is 22.8 Å². The number of benzene rings is 2. The van der Waals surface area contributed by atoms with E-state index in [1.54, 1.807) is 6.20 Å². The lowest BCUT2D eigenvalue weighted by Gasteiger charge is -2.17. The number of nitrogen functional groups attached to an aromatic ring is 1. The first-order valence-corrected chi connectivity index (χ1v) is 7.60. The van der Waals surface area contributed by atoms with Crippen LogP contribution in [-0.2, 0) is 6.42 Å². The van der Waals surface area contributed by atoms with Gasteiger partial charge in [0.15, 0.2) is 0 Å². The lowest BCUT2D eigenvalue weighted by Crippen LogP contribution is -2.31. The Morgan fingerprint density at radius 1 is 1.21 bits per heavy atom. The van der Waals surface area contributed by atoms with Crippen LogP contribution in [0.2, 0.25) is 0 Å². The van der Waals surface area contributed by atoms with Crippen LogP contribution in [0.5, 0.6) is 0 Å². The van der Waals surface area contributed by atoms with Gasteiger partial charge in [-0.1, -0.05) is 18.1 Å². The number of terminal acetylenes is 1. The van der Waals surface area contributed by atoms with Crippen LogP contribution in [0, 0.1) is 12.3 Å². The number of amides is 1. The van der Waals surface area contributed by atoms with Crippen LogP contribution in [0.25, 0.3) is 22.0 Å². The molecule has 24 heavy (non-hydrogen) atoms. The van der Waals surface area contributed by atoms with E-state index in [2.05, 4.69) is 21.2 Å². The van der Waals surface area contributed by atoms with Gasteiger partial charge in [0.1, 0.15) is 0 Å². The Bertz CT molecular complexity index is 1030. The van der Waals surface area contributed by atoms with Crippen molar-refractivity contribution in [2.75, 3.05) is 12.3 Å². The van der Waals surface area contributed by atoms with Gasteiger partial charge in [0.2, 0.25) is 5.95 Å². The molecule has 0 unspecified atom stereocenters. The average molecular weight is 314 g/mol. The van der Waals surface area contributed by atoms with Crippen LogP contribution < -0.4 is 11.1 Å². The molecule has 0 saturated carbocycles. The highest BCUT2D eigenvalue weighted by molar-refractivity contribution is 5.97. The van der Waals surface area contributed by atoms with Gasteiger partial charge in [0.05, 0.1) is 5.52 Å². The molecule has 0 radical (unpaired) electrons. The fraction of sp³-hybridized carbons (Fsp3) is 0.105. The predicted octanol–water partition coefficient (Wildman–Crippen LogP) is 2.15. The second-order valence-electron chi connectivity index (χ2n) is 5.71. The third-order valence-corrected chi connectivity index (χ3v) is 4.23. The molecule has 3 N–H and O–H groups in total. The minimum atomic E-state index is -0.0287. The number of anilines is 1. The second kappa shape index (κ2) is 5.36. The Balaban J connectivity index is 1.92. The van der Waals surface area contributed by atoms with Crippen molar-refractivity contribution < 1.29 is 4.79 Å². The van der Waals surface area contributed by atoms with Crippen molar-refractivity contribution in [3.05, 3.63) is 53.2 Å². The van der Waals surface area contributed by atoms with Gasteiger partial charge >= 0.3 is 0 Å². The zero-order chi connectivity index (χ0) is 16.7. The lowest BCUT2D eigenvalue weighted by atomic mass is 9.92. The molecule has 0 fully saturated rings. The molecule has 1 aromatic heterocycles. The van der Waals surface area contributed by atoms with Gasteiger partial charge in [-0.05, 0) is 41.3 Å². The summed E-state index contributed by atoms with van der Waals surface area (Å²) >= 11 is 0. The number of fused-ring (bicyclic) bond motifs is 2. The van der Waals surface area contributed by atoms with Gasteiger partial charge in [-0.2, -0.15) is 0 Å². The fourth-order valence-electron chi connectivity index (χ4n) is 3.05. The number of hydrogen-bond acceptors (Lipinski definition) is 4. The molecule has 2 heterocycles. The Kier molecular flexibility index (Phi) is 3.17. The molecule has 5 heteroatoms. The third-order valence-electron chi connectivity index (χ3n) is 4.23. The SMILES string of the molecule is C#Cc1cc2cnc(N)nc2cc1-c1ccc2c(c1)CCNC2=O. The summed E-state index contributed by atoms with van der Waals surface area (Å²) in [5.74, 6) is 2.92. The van der Waals surface area contributed by atoms with Crippen molar-refractivity contribution in [3.8, 4) is 23.5 Å². The maximum Gasteiger partial charge on any atom is 0.251 e. The summed E-state index contributed by atoms with van der Waals surface area (Å²) in [6.07, 6.45) is 8.16. The van der Waals surface area contributed by atoms with Crippen molar-refractivity contribution in [1.82, 2.24) is 15.3 Å². The monoisotopic (exact) mass is 314 g/mol. The number of hydrogen-bond donors (Lipinski definition) is 2. The smallest absolute Gasteiger partial charge is 0.251 e. The van der Waals surface area contributed by atoms with Gasteiger partial charge in [-0.3, -0.25) is 4.79 Å². The standard InChI is InChI=1S/C19H14N4O/c1-2-11-7-14-10-22-19(20)23-17(14)9-16(11)12-3-4-15-13(8-12)5-6-21-18(15)24/h1,3-4,7-10H,5-6H2,(H,21,24)(H2,20,22,23). The molecule has 1 aliphatic rings. The Morgan fingerprint density at radius 3 is 2.92 bits per heavy atom. The van der Waals surface area contributed by atoms with Gasteiger partial charge in [-0.25, -0.2) is 9.97 Å². The molecule has 0 atom stereocenters. The highest BCUT2D eigenvalue weighted by atomic mass is 16.1. The third kappa shape index (κ3) is 2.25. The summed E-state index contributed by atoms with van der Waals surface area (Å²) < 4.78 is 0. The highest BCUT2D eigenvalue weighted by Crippen LogP contribution is 2.30. The van der Waals surface area contributed by atoms with Gasteiger partial charge in [0, 0.05) is 29.3 Å². The zero-order valence-electron chi connectivity index (χ0n) is 12.8. The summed E-state index contributed by atoms with van der Waals surface area (Å²) in [7, 11) is 0. The first kappa shape index (κ1) is 14.2. The molecule has 0 spiro atoms. The number of aromatic nitrogens is 2. The summed E-state index contributed by atoms with van der Waals surface area (Å²) in [6, 6.07) is 9.60. The van der Waals surface area contributed by atoms with Crippen LogP contribution in [0.1, 0.15) is 21.5 Å². The average Bonchev–Trinajstić information content (AvgIpc) is 2.60. The number of carbonyl (C=O) groups excluding carboxylic acids is 1. The summed E-state index contributed by atoms with van der Waals surface area (Å²) in [5, 5.41) is 3.69. The molecule has 3 aromatic rings. The maximum absolute atomic E-state index is 11.9. The van der Waals surface area contributed by atoms with E-state index in [-0.39, 0.29) is 11.9 Å². The highest BCUT2D eigenvalue weighted by Gasteiger charge is 2.17. The molecule has 0 bridgehead atoms. The Hall–Kier alpha value is -3.39. The number of nitrogens with zero attached hydrogens (tertiary/aromatic N) is 2. The van der Waals surface area contributed by atoms with E-state index in [0.717, 1.165) is 45.1 Å². The molecule has 1 aliphatic heterocycles. The normalized spacial score (nSPS) is 13.2. The van der Waals surface area contributed by atoms with Crippen LogP contribution in [0.3, 0.4) is 0 Å². The number of nitrogens with one attached hydrogen (secondary N) is 1. The molecule has 0 saturated heterocycles. The van der Waals surface area contributed by atoms with Crippen LogP contribution in [0.4, 0.5) is 5.95 Å². The van der Waals surface area contributed by atoms with Crippen molar-refractivity contribution in [2.24, 2.45) is 0 Å². The van der Waals surface area contributed by atoms with E-state index >= 15 is 0 Å². The molecule has 2 aromatic carbocycles. The van der Waals surface area contributed by atoms with Crippen molar-refractivity contribution in [1.29, 1.82) is 0 Å². The number of carbonyl (C=O) groups is 1. The fourth-order valence-corrected chi connectivity index (χ4v) is 3.05. The quantitative estimate of drug-likeness (QED) is 0.674. The van der Waals surface area contributed by atoms with E-state index < -0.39 is 0 Å². The van der Waals surface area contributed by atoms with Gasteiger partial charge in [0.25, 0.3) is 5.91 Å². The number of nitrogens with two attached hydrogens (primary N) is 1. The van der Waals surface area contributed by atoms with E-state index in [4.69, 9.17) is 12.2 Å². The maximum atomic E-state index is 11.9. The molecular weight excluding hydrogens is 300 g/mol. The largest absolute Gasteiger partial charge is 0.368 e. The van der Waals surface area contributed by atoms with Gasteiger partial charge < -0.3 is 11.1 Å². The molecule has 116 valence electrons. The van der Waals surface area contributed by atoms with E-state index in [1.807, 2.05) is 30.3 Å². The lowest BCUT2D eigenvalue weighted by molar-refractivity contribution is 0.0946. The molecule has 0 aliphatic carbocycles. The molecule has 1 amide bonds. The topological polar surface area (TPSA) is 80.9 Å². The summed E-state index contributed by atoms with van der Waals surface area (Å²) in [5.41, 5.74) is 10.8.